The van der Waals surface area contributed by atoms with Gasteiger partial charge in [-0.15, -0.1) is 0 Å². The predicted octanol–water partition coefficient (Wildman–Crippen LogP) is 9.18. The van der Waals surface area contributed by atoms with Crippen LogP contribution in [0.5, 0.6) is 0 Å². The fourth-order valence-electron chi connectivity index (χ4n) is 5.81. The lowest BCUT2D eigenvalue weighted by atomic mass is 9.96. The Bertz CT molecular complexity index is 2160. The number of fused-ring (bicyclic) bond motifs is 9. The molecule has 174 valence electrons. The summed E-state index contributed by atoms with van der Waals surface area (Å²) in [5.74, 6) is 0. The number of furan rings is 1. The molecule has 5 aromatic carbocycles. The van der Waals surface area contributed by atoms with E-state index >= 15 is 0 Å². The van der Waals surface area contributed by atoms with Crippen molar-refractivity contribution in [3.63, 3.8) is 0 Å². The monoisotopic (exact) mass is 474 g/mol. The van der Waals surface area contributed by atoms with Crippen molar-refractivity contribution in [2.75, 3.05) is 0 Å². The number of benzene rings is 5. The van der Waals surface area contributed by atoms with Crippen LogP contribution in [0.25, 0.3) is 71.5 Å². The van der Waals surface area contributed by atoms with Crippen LogP contribution in [0.4, 0.5) is 0 Å². The molecule has 0 unspecified atom stereocenters. The summed E-state index contributed by atoms with van der Waals surface area (Å²) in [6.07, 6.45) is 3.92. The van der Waals surface area contributed by atoms with Gasteiger partial charge in [0.2, 0.25) is 0 Å². The first-order valence-electron chi connectivity index (χ1n) is 12.6. The molecule has 0 atom stereocenters. The van der Waals surface area contributed by atoms with E-state index in [0.717, 1.165) is 49.8 Å². The zero-order valence-electron chi connectivity index (χ0n) is 20.3. The molecule has 0 saturated heterocycles. The molecular weight excluding hydrogens is 452 g/mol. The van der Waals surface area contributed by atoms with E-state index in [1.54, 1.807) is 0 Å². The van der Waals surface area contributed by atoms with Gasteiger partial charge in [-0.1, -0.05) is 84.9 Å². The third-order valence-electron chi connectivity index (χ3n) is 7.58. The number of aryl methyl sites for hydroxylation is 1. The Labute approximate surface area is 213 Å². The molecule has 0 bridgehead atoms. The SMILES string of the molecule is Cc1cccc2c1oc1c(-c3cccc(-c4ccc5c(c4)c4ccccc4c4nccn54)c3)cccc12. The first kappa shape index (κ1) is 20.3. The zero-order chi connectivity index (χ0) is 24.5. The van der Waals surface area contributed by atoms with Crippen molar-refractivity contribution in [2.45, 2.75) is 6.92 Å². The number of imidazole rings is 1. The van der Waals surface area contributed by atoms with E-state index in [9.17, 15) is 0 Å². The largest absolute Gasteiger partial charge is 0.455 e. The summed E-state index contributed by atoms with van der Waals surface area (Å²) in [5.41, 5.74) is 9.84. The van der Waals surface area contributed by atoms with Gasteiger partial charge in [-0.05, 0) is 52.8 Å². The van der Waals surface area contributed by atoms with Crippen molar-refractivity contribution in [3.8, 4) is 22.3 Å². The molecule has 3 nitrogen and oxygen atoms in total. The molecule has 0 amide bonds. The first-order chi connectivity index (χ1) is 18.3. The molecule has 0 aliphatic carbocycles. The molecule has 0 fully saturated rings. The average molecular weight is 475 g/mol. The predicted molar refractivity (Wildman–Crippen MR) is 153 cm³/mol. The Hall–Kier alpha value is -4.89. The van der Waals surface area contributed by atoms with Gasteiger partial charge in [0.1, 0.15) is 16.8 Å². The van der Waals surface area contributed by atoms with E-state index in [4.69, 9.17) is 4.42 Å². The molecule has 3 heterocycles. The van der Waals surface area contributed by atoms with E-state index < -0.39 is 0 Å². The molecule has 0 aliphatic rings. The van der Waals surface area contributed by atoms with E-state index in [0.29, 0.717) is 0 Å². The topological polar surface area (TPSA) is 30.4 Å². The van der Waals surface area contributed by atoms with Gasteiger partial charge in [-0.25, -0.2) is 4.98 Å². The summed E-state index contributed by atoms with van der Waals surface area (Å²) in [6, 6.07) is 36.8. The van der Waals surface area contributed by atoms with Crippen molar-refractivity contribution in [1.82, 2.24) is 9.38 Å². The van der Waals surface area contributed by atoms with Crippen molar-refractivity contribution in [2.24, 2.45) is 0 Å². The quantitative estimate of drug-likeness (QED) is 0.234. The maximum Gasteiger partial charge on any atom is 0.145 e. The second-order valence-corrected chi connectivity index (χ2v) is 9.72. The highest BCUT2D eigenvalue weighted by molar-refractivity contribution is 6.13. The van der Waals surface area contributed by atoms with Gasteiger partial charge in [0.25, 0.3) is 0 Å². The molecule has 0 N–H and O–H groups in total. The molecule has 37 heavy (non-hydrogen) atoms. The Kier molecular flexibility index (Phi) is 4.15. The summed E-state index contributed by atoms with van der Waals surface area (Å²) < 4.78 is 8.63. The van der Waals surface area contributed by atoms with Crippen LogP contribution in [-0.4, -0.2) is 9.38 Å². The minimum atomic E-state index is 0.941. The second kappa shape index (κ2) is 7.55. The van der Waals surface area contributed by atoms with Crippen molar-refractivity contribution >= 4 is 49.3 Å². The zero-order valence-corrected chi connectivity index (χ0v) is 20.3. The molecule has 0 saturated carbocycles. The number of para-hydroxylation sites is 2. The summed E-state index contributed by atoms with van der Waals surface area (Å²) >= 11 is 0. The molecule has 3 heteroatoms. The highest BCUT2D eigenvalue weighted by atomic mass is 16.3. The molecular formula is C34H22N2O. The smallest absolute Gasteiger partial charge is 0.145 e. The number of aromatic nitrogens is 2. The fourth-order valence-corrected chi connectivity index (χ4v) is 5.81. The number of pyridine rings is 1. The van der Waals surface area contributed by atoms with Crippen LogP contribution in [0.3, 0.4) is 0 Å². The van der Waals surface area contributed by atoms with E-state index in [1.165, 1.54) is 27.3 Å². The van der Waals surface area contributed by atoms with Gasteiger partial charge in [-0.2, -0.15) is 0 Å². The molecule has 0 radical (unpaired) electrons. The molecule has 0 spiro atoms. The van der Waals surface area contributed by atoms with Crippen LogP contribution in [0.15, 0.2) is 120 Å². The van der Waals surface area contributed by atoms with Crippen molar-refractivity contribution < 1.29 is 4.42 Å². The number of nitrogens with zero attached hydrogens (tertiary/aromatic N) is 2. The van der Waals surface area contributed by atoms with Gasteiger partial charge >= 0.3 is 0 Å². The van der Waals surface area contributed by atoms with E-state index in [2.05, 4.69) is 119 Å². The highest BCUT2D eigenvalue weighted by Crippen LogP contribution is 2.38. The normalized spacial score (nSPS) is 11.9. The maximum atomic E-state index is 6.44. The maximum absolute atomic E-state index is 6.44. The first-order valence-corrected chi connectivity index (χ1v) is 12.6. The van der Waals surface area contributed by atoms with Crippen LogP contribution >= 0.6 is 0 Å². The Morgan fingerprint density at radius 1 is 0.595 bits per heavy atom. The third kappa shape index (κ3) is 2.91. The number of hydrogen-bond acceptors (Lipinski definition) is 2. The minimum absolute atomic E-state index is 0.941. The lowest BCUT2D eigenvalue weighted by molar-refractivity contribution is 0.667. The number of rotatable bonds is 2. The Morgan fingerprint density at radius 3 is 2.24 bits per heavy atom. The molecule has 8 rings (SSSR count). The summed E-state index contributed by atoms with van der Waals surface area (Å²) in [5, 5.41) is 5.93. The number of hydrogen-bond donors (Lipinski definition) is 0. The lowest BCUT2D eigenvalue weighted by Gasteiger charge is -2.11. The van der Waals surface area contributed by atoms with Gasteiger partial charge in [0.15, 0.2) is 0 Å². The van der Waals surface area contributed by atoms with Gasteiger partial charge in [-0.3, -0.25) is 4.40 Å². The van der Waals surface area contributed by atoms with Crippen LogP contribution in [-0.2, 0) is 0 Å². The van der Waals surface area contributed by atoms with Crippen LogP contribution < -0.4 is 0 Å². The summed E-state index contributed by atoms with van der Waals surface area (Å²) in [7, 11) is 0. The summed E-state index contributed by atoms with van der Waals surface area (Å²) in [6.45, 7) is 2.10. The fraction of sp³-hybridized carbons (Fsp3) is 0.0294. The van der Waals surface area contributed by atoms with E-state index in [1.807, 2.05) is 12.4 Å². The Morgan fingerprint density at radius 2 is 1.32 bits per heavy atom. The molecule has 0 aliphatic heterocycles. The van der Waals surface area contributed by atoms with E-state index in [-0.39, 0.29) is 0 Å². The molecule has 3 aromatic heterocycles. The third-order valence-corrected chi connectivity index (χ3v) is 7.58. The van der Waals surface area contributed by atoms with Gasteiger partial charge < -0.3 is 4.42 Å². The summed E-state index contributed by atoms with van der Waals surface area (Å²) in [4.78, 5) is 4.62. The lowest BCUT2D eigenvalue weighted by Crippen LogP contribution is -1.91. The van der Waals surface area contributed by atoms with Gasteiger partial charge in [0, 0.05) is 39.5 Å². The van der Waals surface area contributed by atoms with Crippen molar-refractivity contribution in [3.05, 3.63) is 121 Å². The minimum Gasteiger partial charge on any atom is -0.455 e. The highest BCUT2D eigenvalue weighted by Gasteiger charge is 2.14. The molecule has 8 aromatic rings. The van der Waals surface area contributed by atoms with Crippen LogP contribution in [0, 0.1) is 6.92 Å². The second-order valence-electron chi connectivity index (χ2n) is 9.72. The van der Waals surface area contributed by atoms with Gasteiger partial charge in [0.05, 0.1) is 5.52 Å². The van der Waals surface area contributed by atoms with Crippen LogP contribution in [0.2, 0.25) is 0 Å². The average Bonchev–Trinajstić information content (AvgIpc) is 3.59. The Balaban J connectivity index is 1.34. The standard InChI is InChI=1S/C34H22N2O/c1-21-7-4-13-27-28-14-6-12-25(33(28)37-32(21)27)24-9-5-8-22(19-24)23-15-16-31-30(20-23)26-10-2-3-11-29(26)34-35-17-18-36(31)34/h2-20H,1H3. The van der Waals surface area contributed by atoms with Crippen LogP contribution in [0.1, 0.15) is 5.56 Å². The van der Waals surface area contributed by atoms with Crippen molar-refractivity contribution in [1.29, 1.82) is 0 Å².